The summed E-state index contributed by atoms with van der Waals surface area (Å²) in [4.78, 5) is 0. The van der Waals surface area contributed by atoms with E-state index in [1.807, 2.05) is 0 Å². The molecule has 1 rings (SSSR count). The summed E-state index contributed by atoms with van der Waals surface area (Å²) in [6.45, 7) is 4.59. The maximum atomic E-state index is 14.3. The molecule has 0 bridgehead atoms. The molecule has 2 nitrogen and oxygen atoms in total. The van der Waals surface area contributed by atoms with E-state index < -0.39 is 59.0 Å². The fraction of sp³-hybridized carbons (Fsp3) is 0.684. The molecule has 1 N–H and O–H groups in total. The zero-order chi connectivity index (χ0) is 27.3. The van der Waals surface area contributed by atoms with Crippen LogP contribution in [-0.2, 0) is 0 Å². The number of ether oxygens (including phenoxy) is 1. The lowest BCUT2D eigenvalue weighted by atomic mass is 9.83. The van der Waals surface area contributed by atoms with Crippen molar-refractivity contribution in [1.82, 2.24) is 0 Å². The van der Waals surface area contributed by atoms with Crippen molar-refractivity contribution in [1.29, 1.82) is 0 Å². The van der Waals surface area contributed by atoms with Crippen LogP contribution in [0.25, 0.3) is 0 Å². The van der Waals surface area contributed by atoms with Crippen molar-refractivity contribution >= 4 is 0 Å². The average molecular weight is 526 g/mol. The van der Waals surface area contributed by atoms with E-state index in [9.17, 15) is 62.2 Å². The first-order valence-electron chi connectivity index (χ1n) is 9.18. The van der Waals surface area contributed by atoms with E-state index in [-0.39, 0.29) is 12.7 Å². The summed E-state index contributed by atoms with van der Waals surface area (Å²) in [6, 6.07) is 3.96. The lowest BCUT2D eigenvalue weighted by Gasteiger charge is -2.42. The van der Waals surface area contributed by atoms with Gasteiger partial charge in [0.2, 0.25) is 0 Å². The third-order valence-electron chi connectivity index (χ3n) is 4.63. The van der Waals surface area contributed by atoms with Gasteiger partial charge in [-0.3, -0.25) is 0 Å². The molecule has 1 aromatic carbocycles. The van der Waals surface area contributed by atoms with Crippen molar-refractivity contribution in [2.24, 2.45) is 5.92 Å². The monoisotopic (exact) mass is 526 g/mol. The molecule has 1 aromatic rings. The van der Waals surface area contributed by atoms with E-state index >= 15 is 0 Å². The smallest absolute Gasteiger partial charge is 0.460 e. The number of rotatable bonds is 8. The SMILES string of the molecule is CC(C(O)c1cccc(OC(C)(C)C)c1)C(F)(F)C(F)(F)C(F)(F)C(F)(F)C(F)(F)C(F)(F)F. The van der Waals surface area contributed by atoms with Crippen molar-refractivity contribution in [3.63, 3.8) is 0 Å². The van der Waals surface area contributed by atoms with Gasteiger partial charge in [0.1, 0.15) is 11.4 Å². The molecule has 34 heavy (non-hydrogen) atoms. The van der Waals surface area contributed by atoms with Gasteiger partial charge in [0.25, 0.3) is 0 Å². The van der Waals surface area contributed by atoms with E-state index in [1.165, 1.54) is 26.8 Å². The second kappa shape index (κ2) is 8.63. The zero-order valence-electron chi connectivity index (χ0n) is 17.7. The quantitative estimate of drug-likeness (QED) is 0.361. The summed E-state index contributed by atoms with van der Waals surface area (Å²) in [6.07, 6.45) is -10.3. The van der Waals surface area contributed by atoms with E-state index in [1.54, 1.807) is 0 Å². The van der Waals surface area contributed by atoms with Gasteiger partial charge < -0.3 is 9.84 Å². The second-order valence-electron chi connectivity index (χ2n) is 8.44. The molecule has 0 saturated carbocycles. The maximum absolute atomic E-state index is 14.3. The first-order valence-corrected chi connectivity index (χ1v) is 9.18. The van der Waals surface area contributed by atoms with Gasteiger partial charge >= 0.3 is 35.8 Å². The summed E-state index contributed by atoms with van der Waals surface area (Å²) >= 11 is 0. The number of aliphatic hydroxyl groups excluding tert-OH is 1. The van der Waals surface area contributed by atoms with Crippen LogP contribution in [0.3, 0.4) is 0 Å². The Bertz CT molecular complexity index is 856. The van der Waals surface area contributed by atoms with Gasteiger partial charge in [-0.05, 0) is 38.5 Å². The molecule has 0 saturated heterocycles. The summed E-state index contributed by atoms with van der Waals surface area (Å²) < 4.78 is 179. The van der Waals surface area contributed by atoms with Crippen molar-refractivity contribution in [3.05, 3.63) is 29.8 Å². The van der Waals surface area contributed by atoms with Crippen LogP contribution in [0.4, 0.5) is 57.1 Å². The standard InChI is InChI=1S/C19H19F13O2/c1-9(12(33)10-6-5-7-11(8-10)34-13(2,3)4)14(20,21)15(22,23)16(24,25)17(26,27)18(28,29)19(30,31)32/h5-9,12,33H,1-4H3. The molecule has 0 spiro atoms. The van der Waals surface area contributed by atoms with Crippen molar-refractivity contribution in [2.75, 3.05) is 0 Å². The molecule has 198 valence electrons. The third kappa shape index (κ3) is 4.89. The Balaban J connectivity index is 3.45. The Kier molecular flexibility index (Phi) is 7.64. The van der Waals surface area contributed by atoms with Crippen LogP contribution in [0.1, 0.15) is 39.4 Å². The van der Waals surface area contributed by atoms with Crippen LogP contribution in [0, 0.1) is 5.92 Å². The van der Waals surface area contributed by atoms with Crippen molar-refractivity contribution in [3.8, 4) is 5.75 Å². The van der Waals surface area contributed by atoms with E-state index in [4.69, 9.17) is 4.74 Å². The first kappa shape index (κ1) is 30.1. The Morgan fingerprint density at radius 1 is 0.706 bits per heavy atom. The van der Waals surface area contributed by atoms with Crippen LogP contribution < -0.4 is 4.74 Å². The average Bonchev–Trinajstić information content (AvgIpc) is 2.64. The minimum absolute atomic E-state index is 0.00795. The van der Waals surface area contributed by atoms with Crippen LogP contribution >= 0.6 is 0 Å². The highest BCUT2D eigenvalue weighted by atomic mass is 19.4. The largest absolute Gasteiger partial charge is 0.488 e. The van der Waals surface area contributed by atoms with Gasteiger partial charge in [0.05, 0.1) is 12.0 Å². The molecule has 2 unspecified atom stereocenters. The van der Waals surface area contributed by atoms with Crippen LogP contribution in [-0.4, -0.2) is 46.5 Å². The number of aliphatic hydroxyl groups is 1. The molecular formula is C19H19F13O2. The molecular weight excluding hydrogens is 507 g/mol. The predicted molar refractivity (Wildman–Crippen MR) is 91.7 cm³/mol. The molecule has 0 aromatic heterocycles. The fourth-order valence-electron chi connectivity index (χ4n) is 2.67. The van der Waals surface area contributed by atoms with Crippen LogP contribution in [0.5, 0.6) is 5.75 Å². The van der Waals surface area contributed by atoms with Crippen molar-refractivity contribution < 1.29 is 66.9 Å². The van der Waals surface area contributed by atoms with E-state index in [2.05, 4.69) is 0 Å². The van der Waals surface area contributed by atoms with Gasteiger partial charge in [-0.2, -0.15) is 57.1 Å². The predicted octanol–water partition coefficient (Wildman–Crippen LogP) is 7.27. The third-order valence-corrected chi connectivity index (χ3v) is 4.63. The molecule has 0 aliphatic carbocycles. The first-order chi connectivity index (χ1) is 14.8. The lowest BCUT2D eigenvalue weighted by Crippen LogP contribution is -2.71. The summed E-state index contributed by atoms with van der Waals surface area (Å²) in [7, 11) is 0. The summed E-state index contributed by atoms with van der Waals surface area (Å²) in [5.74, 6) is -41.1. The van der Waals surface area contributed by atoms with Gasteiger partial charge in [0, 0.05) is 0 Å². The number of hydrogen-bond acceptors (Lipinski definition) is 2. The number of halogens is 13. The minimum atomic E-state index is -7.99. The molecule has 0 aliphatic rings. The molecule has 0 fully saturated rings. The van der Waals surface area contributed by atoms with Gasteiger partial charge in [-0.1, -0.05) is 19.1 Å². The Labute approximate surface area is 184 Å². The number of benzene rings is 1. The zero-order valence-corrected chi connectivity index (χ0v) is 17.7. The molecule has 15 heteroatoms. The molecule has 0 radical (unpaired) electrons. The molecule has 0 heterocycles. The molecule has 2 atom stereocenters. The van der Waals surface area contributed by atoms with Gasteiger partial charge in [-0.25, -0.2) is 0 Å². The van der Waals surface area contributed by atoms with E-state index in [0.29, 0.717) is 0 Å². The van der Waals surface area contributed by atoms with Crippen LogP contribution in [0.15, 0.2) is 24.3 Å². The highest BCUT2D eigenvalue weighted by molar-refractivity contribution is 5.31. The summed E-state index contributed by atoms with van der Waals surface area (Å²) in [5, 5.41) is 10.0. The van der Waals surface area contributed by atoms with Crippen LogP contribution in [0.2, 0.25) is 0 Å². The highest BCUT2D eigenvalue weighted by Gasteiger charge is 2.91. The van der Waals surface area contributed by atoms with Gasteiger partial charge in [-0.15, -0.1) is 0 Å². The fourth-order valence-corrected chi connectivity index (χ4v) is 2.67. The Morgan fingerprint density at radius 2 is 1.15 bits per heavy atom. The number of alkyl halides is 13. The molecule has 0 amide bonds. The van der Waals surface area contributed by atoms with Crippen molar-refractivity contribution in [2.45, 2.75) is 75.2 Å². The Hall–Kier alpha value is -1.93. The number of hydrogen-bond donors (Lipinski definition) is 1. The maximum Gasteiger partial charge on any atom is 0.460 e. The molecule has 0 aliphatic heterocycles. The lowest BCUT2D eigenvalue weighted by molar-refractivity contribution is -0.444. The summed E-state index contributed by atoms with van der Waals surface area (Å²) in [5.41, 5.74) is -1.54. The van der Waals surface area contributed by atoms with Gasteiger partial charge in [0.15, 0.2) is 0 Å². The highest BCUT2D eigenvalue weighted by Crippen LogP contribution is 2.62. The minimum Gasteiger partial charge on any atom is -0.488 e. The second-order valence-corrected chi connectivity index (χ2v) is 8.44. The van der Waals surface area contributed by atoms with E-state index in [0.717, 1.165) is 18.2 Å². The Morgan fingerprint density at radius 3 is 1.56 bits per heavy atom. The normalized spacial score (nSPS) is 16.9. The topological polar surface area (TPSA) is 29.5 Å².